The summed E-state index contributed by atoms with van der Waals surface area (Å²) < 4.78 is 27.2. The molecule has 0 aromatic heterocycles. The number of hydrogen-bond acceptors (Lipinski definition) is 5. The van der Waals surface area contributed by atoms with Crippen LogP contribution < -0.4 is 4.72 Å². The van der Waals surface area contributed by atoms with Gasteiger partial charge in [0.1, 0.15) is 0 Å². The second-order valence-corrected chi connectivity index (χ2v) is 8.93. The summed E-state index contributed by atoms with van der Waals surface area (Å²) in [6.07, 6.45) is 1.96. The van der Waals surface area contributed by atoms with Gasteiger partial charge in [0.05, 0.1) is 9.82 Å². The number of aryl methyl sites for hydroxylation is 1. The number of hydrogen-bond donors (Lipinski definition) is 1. The zero-order valence-corrected chi connectivity index (χ0v) is 15.9. The van der Waals surface area contributed by atoms with Crippen molar-refractivity contribution in [2.45, 2.75) is 38.5 Å². The van der Waals surface area contributed by atoms with E-state index in [2.05, 4.69) is 23.5 Å². The van der Waals surface area contributed by atoms with Crippen molar-refractivity contribution in [3.8, 4) is 0 Å². The number of nitrogens with zero attached hydrogens (tertiary/aromatic N) is 2. The summed E-state index contributed by atoms with van der Waals surface area (Å²) in [5.41, 5.74) is 0.261. The number of sulfonamides is 1. The predicted octanol–water partition coefficient (Wildman–Crippen LogP) is 2.55. The highest BCUT2D eigenvalue weighted by molar-refractivity contribution is 7.89. The molecule has 1 N–H and O–H groups in total. The predicted molar refractivity (Wildman–Crippen MR) is 97.0 cm³/mol. The van der Waals surface area contributed by atoms with Crippen LogP contribution in [-0.2, 0) is 10.0 Å². The fourth-order valence-electron chi connectivity index (χ4n) is 3.52. The van der Waals surface area contributed by atoms with E-state index in [-0.39, 0.29) is 10.6 Å². The lowest BCUT2D eigenvalue weighted by atomic mass is 9.92. The minimum absolute atomic E-state index is 0.0648. The molecule has 25 heavy (non-hydrogen) atoms. The van der Waals surface area contributed by atoms with E-state index in [9.17, 15) is 18.5 Å². The quantitative estimate of drug-likeness (QED) is 0.453. The number of likely N-dealkylation sites (tertiary alicyclic amines) is 1. The Hall–Kier alpha value is -1.51. The summed E-state index contributed by atoms with van der Waals surface area (Å²) in [4.78, 5) is 12.7. The molecule has 7 nitrogen and oxygen atoms in total. The van der Waals surface area contributed by atoms with E-state index in [0.717, 1.165) is 25.7 Å². The number of nitrogens with one attached hydrogen (secondary N) is 1. The smallest absolute Gasteiger partial charge is 0.273 e. The van der Waals surface area contributed by atoms with Gasteiger partial charge in [-0.15, -0.1) is 0 Å². The van der Waals surface area contributed by atoms with Crippen molar-refractivity contribution < 1.29 is 13.3 Å². The molecule has 8 heteroatoms. The van der Waals surface area contributed by atoms with Crippen molar-refractivity contribution in [2.24, 2.45) is 11.8 Å². The number of rotatable bonds is 7. The minimum Gasteiger partial charge on any atom is -0.303 e. The van der Waals surface area contributed by atoms with Gasteiger partial charge in [0.25, 0.3) is 5.69 Å². The number of piperidine rings is 1. The summed E-state index contributed by atoms with van der Waals surface area (Å²) in [5, 5.41) is 11.0. The van der Waals surface area contributed by atoms with Crippen LogP contribution in [0.15, 0.2) is 23.1 Å². The van der Waals surface area contributed by atoms with E-state index >= 15 is 0 Å². The standard InChI is InChI=1S/C17H27N3O4S/c1-13-9-14(2)12-19(11-13)8-4-7-18-25(23,24)16-6-5-15(3)17(10-16)20(21)22/h5-6,10,13-14,18H,4,7-9,11-12H2,1-3H3/t13-,14+. The normalized spacial score (nSPS) is 22.0. The third kappa shape index (κ3) is 5.49. The van der Waals surface area contributed by atoms with Gasteiger partial charge in [0.15, 0.2) is 0 Å². The third-order valence-corrected chi connectivity index (χ3v) is 6.03. The van der Waals surface area contributed by atoms with E-state index in [0.29, 0.717) is 30.4 Å². The van der Waals surface area contributed by atoms with E-state index in [1.54, 1.807) is 6.92 Å². The highest BCUT2D eigenvalue weighted by atomic mass is 32.2. The first kappa shape index (κ1) is 19.8. The van der Waals surface area contributed by atoms with Gasteiger partial charge in [-0.2, -0.15) is 0 Å². The Balaban J connectivity index is 1.89. The molecule has 1 saturated heterocycles. The largest absolute Gasteiger partial charge is 0.303 e. The van der Waals surface area contributed by atoms with Gasteiger partial charge in [-0.05, 0) is 44.2 Å². The van der Waals surface area contributed by atoms with Crippen LogP contribution in [0.25, 0.3) is 0 Å². The second kappa shape index (κ2) is 8.25. The van der Waals surface area contributed by atoms with Crippen LogP contribution >= 0.6 is 0 Å². The van der Waals surface area contributed by atoms with Crippen molar-refractivity contribution in [1.82, 2.24) is 9.62 Å². The van der Waals surface area contributed by atoms with Crippen molar-refractivity contribution in [2.75, 3.05) is 26.2 Å². The number of benzene rings is 1. The molecule has 1 heterocycles. The molecule has 1 aliphatic heterocycles. The first-order valence-electron chi connectivity index (χ1n) is 8.66. The lowest BCUT2D eigenvalue weighted by Crippen LogP contribution is -2.40. The van der Waals surface area contributed by atoms with Crippen LogP contribution in [0.5, 0.6) is 0 Å². The first-order chi connectivity index (χ1) is 11.7. The molecule has 2 atom stereocenters. The average molecular weight is 369 g/mol. The van der Waals surface area contributed by atoms with Gasteiger partial charge in [-0.1, -0.05) is 19.9 Å². The number of nitro groups is 1. The SMILES string of the molecule is Cc1ccc(S(=O)(=O)NCCCN2C[C@H](C)C[C@H](C)C2)cc1[N+](=O)[O-]. The van der Waals surface area contributed by atoms with Crippen LogP contribution in [0.3, 0.4) is 0 Å². The topological polar surface area (TPSA) is 92.6 Å². The molecule has 0 unspecified atom stereocenters. The Labute approximate surface area is 149 Å². The summed E-state index contributed by atoms with van der Waals surface area (Å²) in [5.74, 6) is 1.35. The molecule has 1 aromatic carbocycles. The minimum atomic E-state index is -3.73. The maximum Gasteiger partial charge on any atom is 0.273 e. The maximum atomic E-state index is 12.3. The molecule has 2 rings (SSSR count). The van der Waals surface area contributed by atoms with E-state index < -0.39 is 14.9 Å². The fourth-order valence-corrected chi connectivity index (χ4v) is 4.61. The molecule has 1 fully saturated rings. The van der Waals surface area contributed by atoms with Crippen LogP contribution in [0.2, 0.25) is 0 Å². The lowest BCUT2D eigenvalue weighted by Gasteiger charge is -2.34. The van der Waals surface area contributed by atoms with Crippen molar-refractivity contribution in [1.29, 1.82) is 0 Å². The Morgan fingerprint density at radius 2 is 1.92 bits per heavy atom. The molecule has 0 bridgehead atoms. The van der Waals surface area contributed by atoms with Gasteiger partial charge in [0.2, 0.25) is 10.0 Å². The van der Waals surface area contributed by atoms with E-state index in [1.165, 1.54) is 18.6 Å². The lowest BCUT2D eigenvalue weighted by molar-refractivity contribution is -0.385. The van der Waals surface area contributed by atoms with Crippen molar-refractivity contribution >= 4 is 15.7 Å². The first-order valence-corrected chi connectivity index (χ1v) is 10.1. The Morgan fingerprint density at radius 3 is 2.52 bits per heavy atom. The third-order valence-electron chi connectivity index (χ3n) is 4.58. The summed E-state index contributed by atoms with van der Waals surface area (Å²) >= 11 is 0. The van der Waals surface area contributed by atoms with Gasteiger partial charge in [-0.3, -0.25) is 10.1 Å². The van der Waals surface area contributed by atoms with Crippen molar-refractivity contribution in [3.63, 3.8) is 0 Å². The zero-order chi connectivity index (χ0) is 18.6. The molecule has 0 radical (unpaired) electrons. The Bertz CT molecular complexity index is 711. The summed E-state index contributed by atoms with van der Waals surface area (Å²) in [6, 6.07) is 3.98. The molecular weight excluding hydrogens is 342 g/mol. The highest BCUT2D eigenvalue weighted by Gasteiger charge is 2.22. The van der Waals surface area contributed by atoms with Gasteiger partial charge in [-0.25, -0.2) is 13.1 Å². The monoisotopic (exact) mass is 369 g/mol. The van der Waals surface area contributed by atoms with Crippen molar-refractivity contribution in [3.05, 3.63) is 33.9 Å². The second-order valence-electron chi connectivity index (χ2n) is 7.16. The molecule has 0 saturated carbocycles. The van der Waals surface area contributed by atoms with Gasteiger partial charge < -0.3 is 4.90 Å². The Morgan fingerprint density at radius 1 is 1.28 bits per heavy atom. The molecule has 0 amide bonds. The summed E-state index contributed by atoms with van der Waals surface area (Å²) in [6.45, 7) is 9.37. The van der Waals surface area contributed by atoms with Gasteiger partial charge in [0, 0.05) is 31.3 Å². The molecule has 0 spiro atoms. The summed E-state index contributed by atoms with van der Waals surface area (Å²) in [7, 11) is -3.73. The molecule has 1 aromatic rings. The van der Waals surface area contributed by atoms with Crippen LogP contribution in [0.1, 0.15) is 32.3 Å². The Kier molecular flexibility index (Phi) is 6.53. The van der Waals surface area contributed by atoms with E-state index in [1.807, 2.05) is 0 Å². The maximum absolute atomic E-state index is 12.3. The average Bonchev–Trinajstić information content (AvgIpc) is 2.50. The van der Waals surface area contributed by atoms with Crippen LogP contribution in [-0.4, -0.2) is 44.4 Å². The zero-order valence-electron chi connectivity index (χ0n) is 15.1. The van der Waals surface area contributed by atoms with Crippen LogP contribution in [0.4, 0.5) is 5.69 Å². The molecule has 140 valence electrons. The number of nitro benzene ring substituents is 1. The van der Waals surface area contributed by atoms with Gasteiger partial charge >= 0.3 is 0 Å². The molecular formula is C17H27N3O4S. The molecule has 0 aliphatic carbocycles. The molecule has 1 aliphatic rings. The van der Waals surface area contributed by atoms with E-state index in [4.69, 9.17) is 0 Å². The highest BCUT2D eigenvalue weighted by Crippen LogP contribution is 2.22. The fraction of sp³-hybridized carbons (Fsp3) is 0.647. The van der Waals surface area contributed by atoms with Crippen LogP contribution in [0, 0.1) is 28.9 Å².